The van der Waals surface area contributed by atoms with E-state index in [-0.39, 0.29) is 24.0 Å². The van der Waals surface area contributed by atoms with E-state index in [2.05, 4.69) is 15.6 Å². The number of aliphatic imine (C=N–C) groups is 1. The zero-order valence-electron chi connectivity index (χ0n) is 15.6. The van der Waals surface area contributed by atoms with E-state index in [1.165, 1.54) is 0 Å². The molecule has 0 bridgehead atoms. The fourth-order valence-corrected chi connectivity index (χ4v) is 2.69. The summed E-state index contributed by atoms with van der Waals surface area (Å²) >= 11 is 5.99. The molecule has 148 valence electrons. The first-order valence-electron chi connectivity index (χ1n) is 8.71. The summed E-state index contributed by atoms with van der Waals surface area (Å²) in [5.41, 5.74) is 1.88. The Labute approximate surface area is 183 Å². The number of halogens is 2. The summed E-state index contributed by atoms with van der Waals surface area (Å²) in [6.45, 7) is 3.85. The Balaban J connectivity index is 0.00000364. The van der Waals surface area contributed by atoms with E-state index in [0.717, 1.165) is 23.4 Å². The minimum absolute atomic E-state index is 0. The maximum atomic E-state index is 10.2. The van der Waals surface area contributed by atoms with E-state index in [9.17, 15) is 5.11 Å². The van der Waals surface area contributed by atoms with Crippen molar-refractivity contribution in [3.8, 4) is 5.75 Å². The highest BCUT2D eigenvalue weighted by Crippen LogP contribution is 2.23. The Morgan fingerprint density at radius 3 is 2.59 bits per heavy atom. The molecule has 0 spiro atoms. The summed E-state index contributed by atoms with van der Waals surface area (Å²) in [6, 6.07) is 15.2. The normalized spacial score (nSPS) is 12.1. The summed E-state index contributed by atoms with van der Waals surface area (Å²) in [5.74, 6) is 1.42. The SMILES string of the molecule is CCNC(=NCc1ccc(Cl)cc1OC)NCCC(O)c1ccccc1.I. The average Bonchev–Trinajstić information content (AvgIpc) is 2.67. The summed E-state index contributed by atoms with van der Waals surface area (Å²) in [6.07, 6.45) is 0.0986. The molecule has 1 atom stereocenters. The van der Waals surface area contributed by atoms with Crippen LogP contribution in [0.4, 0.5) is 0 Å². The number of benzene rings is 2. The third kappa shape index (κ3) is 7.94. The van der Waals surface area contributed by atoms with E-state index >= 15 is 0 Å². The number of aliphatic hydroxyl groups excluding tert-OH is 1. The van der Waals surface area contributed by atoms with Crippen molar-refractivity contribution in [1.82, 2.24) is 10.6 Å². The first kappa shape index (κ1) is 23.5. The molecule has 2 aromatic rings. The van der Waals surface area contributed by atoms with Crippen molar-refractivity contribution in [3.63, 3.8) is 0 Å². The lowest BCUT2D eigenvalue weighted by Gasteiger charge is -2.15. The lowest BCUT2D eigenvalue weighted by atomic mass is 10.1. The quantitative estimate of drug-likeness (QED) is 0.288. The molecule has 0 aliphatic heterocycles. The van der Waals surface area contributed by atoms with Crippen LogP contribution in [0.1, 0.15) is 30.6 Å². The Hall–Kier alpha value is -1.51. The van der Waals surface area contributed by atoms with Gasteiger partial charge in [-0.25, -0.2) is 4.99 Å². The van der Waals surface area contributed by atoms with Gasteiger partial charge in [-0.1, -0.05) is 48.0 Å². The van der Waals surface area contributed by atoms with Crippen molar-refractivity contribution in [2.45, 2.75) is 26.0 Å². The fourth-order valence-electron chi connectivity index (χ4n) is 2.52. The molecule has 3 N–H and O–H groups in total. The topological polar surface area (TPSA) is 65.9 Å². The number of guanidine groups is 1. The number of aliphatic hydroxyl groups is 1. The van der Waals surface area contributed by atoms with Gasteiger partial charge in [-0.15, -0.1) is 24.0 Å². The Morgan fingerprint density at radius 2 is 1.93 bits per heavy atom. The van der Waals surface area contributed by atoms with Gasteiger partial charge in [0.05, 0.1) is 19.8 Å². The second kappa shape index (κ2) is 12.8. The lowest BCUT2D eigenvalue weighted by molar-refractivity contribution is 0.168. The molecule has 0 saturated carbocycles. The smallest absolute Gasteiger partial charge is 0.191 e. The van der Waals surface area contributed by atoms with Gasteiger partial charge < -0.3 is 20.5 Å². The molecule has 2 aromatic carbocycles. The number of methoxy groups -OCH3 is 1. The fraction of sp³-hybridized carbons (Fsp3) is 0.350. The summed E-state index contributed by atoms with van der Waals surface area (Å²) in [5, 5.41) is 17.3. The van der Waals surface area contributed by atoms with Crippen LogP contribution < -0.4 is 15.4 Å². The van der Waals surface area contributed by atoms with Crippen molar-refractivity contribution in [2.24, 2.45) is 4.99 Å². The van der Waals surface area contributed by atoms with Gasteiger partial charge in [0.2, 0.25) is 0 Å². The summed E-state index contributed by atoms with van der Waals surface area (Å²) in [7, 11) is 1.62. The van der Waals surface area contributed by atoms with Crippen molar-refractivity contribution in [2.75, 3.05) is 20.2 Å². The molecule has 5 nitrogen and oxygen atoms in total. The highest BCUT2D eigenvalue weighted by atomic mass is 127. The standard InChI is InChI=1S/C20H26ClN3O2.HI/c1-3-22-20(23-12-11-18(25)15-7-5-4-6-8-15)24-14-16-9-10-17(21)13-19(16)26-2;/h4-10,13,18,25H,3,11-12,14H2,1-2H3,(H2,22,23,24);1H. The Kier molecular flexibility index (Phi) is 11.2. The summed E-state index contributed by atoms with van der Waals surface area (Å²) in [4.78, 5) is 4.58. The monoisotopic (exact) mass is 503 g/mol. The van der Waals surface area contributed by atoms with Gasteiger partial charge in [0.25, 0.3) is 0 Å². The molecular weight excluding hydrogens is 477 g/mol. The van der Waals surface area contributed by atoms with Crippen LogP contribution in [-0.2, 0) is 6.54 Å². The highest BCUT2D eigenvalue weighted by molar-refractivity contribution is 14.0. The minimum atomic E-state index is -0.497. The second-order valence-corrected chi connectivity index (χ2v) is 6.23. The van der Waals surface area contributed by atoms with E-state index in [1.807, 2.05) is 49.4 Å². The third-order valence-corrected chi connectivity index (χ3v) is 4.13. The van der Waals surface area contributed by atoms with Crippen LogP contribution in [0.25, 0.3) is 0 Å². The maximum absolute atomic E-state index is 10.2. The number of rotatable bonds is 8. The van der Waals surface area contributed by atoms with E-state index in [1.54, 1.807) is 13.2 Å². The van der Waals surface area contributed by atoms with Gasteiger partial charge in [0.15, 0.2) is 5.96 Å². The Morgan fingerprint density at radius 1 is 1.19 bits per heavy atom. The number of nitrogens with zero attached hydrogens (tertiary/aromatic N) is 1. The van der Waals surface area contributed by atoms with Gasteiger partial charge in [-0.2, -0.15) is 0 Å². The number of hydrogen-bond acceptors (Lipinski definition) is 3. The number of hydrogen-bond donors (Lipinski definition) is 3. The van der Waals surface area contributed by atoms with E-state index in [0.29, 0.717) is 30.5 Å². The van der Waals surface area contributed by atoms with Crippen molar-refractivity contribution in [1.29, 1.82) is 0 Å². The lowest BCUT2D eigenvalue weighted by Crippen LogP contribution is -2.38. The van der Waals surface area contributed by atoms with Gasteiger partial charge >= 0.3 is 0 Å². The highest BCUT2D eigenvalue weighted by Gasteiger charge is 2.08. The van der Waals surface area contributed by atoms with Crippen LogP contribution in [0.2, 0.25) is 5.02 Å². The van der Waals surface area contributed by atoms with Crippen LogP contribution in [0, 0.1) is 0 Å². The predicted octanol–water partition coefficient (Wildman–Crippen LogP) is 4.15. The molecule has 0 amide bonds. The molecule has 0 radical (unpaired) electrons. The molecule has 0 aliphatic rings. The van der Waals surface area contributed by atoms with Crippen LogP contribution in [-0.4, -0.2) is 31.3 Å². The van der Waals surface area contributed by atoms with Crippen molar-refractivity contribution >= 4 is 41.5 Å². The first-order chi connectivity index (χ1) is 12.6. The minimum Gasteiger partial charge on any atom is -0.496 e. The molecule has 2 rings (SSSR count). The molecule has 0 fully saturated rings. The molecule has 0 saturated heterocycles. The van der Waals surface area contributed by atoms with Crippen LogP contribution >= 0.6 is 35.6 Å². The largest absolute Gasteiger partial charge is 0.496 e. The zero-order chi connectivity index (χ0) is 18.8. The second-order valence-electron chi connectivity index (χ2n) is 5.79. The molecule has 0 aromatic heterocycles. The molecule has 0 aliphatic carbocycles. The third-order valence-electron chi connectivity index (χ3n) is 3.90. The van der Waals surface area contributed by atoms with Gasteiger partial charge in [0.1, 0.15) is 5.75 Å². The van der Waals surface area contributed by atoms with Crippen LogP contribution in [0.15, 0.2) is 53.5 Å². The van der Waals surface area contributed by atoms with Crippen LogP contribution in [0.5, 0.6) is 5.75 Å². The van der Waals surface area contributed by atoms with E-state index in [4.69, 9.17) is 16.3 Å². The first-order valence-corrected chi connectivity index (χ1v) is 9.09. The van der Waals surface area contributed by atoms with Gasteiger partial charge in [-0.05, 0) is 31.0 Å². The van der Waals surface area contributed by atoms with E-state index < -0.39 is 6.10 Å². The van der Waals surface area contributed by atoms with Crippen molar-refractivity contribution < 1.29 is 9.84 Å². The maximum Gasteiger partial charge on any atom is 0.191 e. The molecule has 7 heteroatoms. The predicted molar refractivity (Wildman–Crippen MR) is 122 cm³/mol. The average molecular weight is 504 g/mol. The van der Waals surface area contributed by atoms with Crippen molar-refractivity contribution in [3.05, 3.63) is 64.7 Å². The summed E-state index contributed by atoms with van der Waals surface area (Å²) < 4.78 is 5.35. The molecule has 0 heterocycles. The zero-order valence-corrected chi connectivity index (χ0v) is 18.7. The number of nitrogens with one attached hydrogen (secondary N) is 2. The number of ether oxygens (including phenoxy) is 1. The molecule has 1 unspecified atom stereocenters. The van der Waals surface area contributed by atoms with Gasteiger partial charge in [-0.3, -0.25) is 0 Å². The van der Waals surface area contributed by atoms with Gasteiger partial charge in [0, 0.05) is 23.7 Å². The molecular formula is C20H27ClIN3O2. The van der Waals surface area contributed by atoms with Crippen LogP contribution in [0.3, 0.4) is 0 Å². The Bertz CT molecular complexity index is 714. The molecule has 27 heavy (non-hydrogen) atoms.